The highest BCUT2D eigenvalue weighted by Gasteiger charge is 2.01. The average Bonchev–Trinajstić information content (AvgIpc) is 2.43. The van der Waals surface area contributed by atoms with Crippen molar-refractivity contribution >= 4 is 11.8 Å². The van der Waals surface area contributed by atoms with Crippen molar-refractivity contribution in [1.29, 1.82) is 0 Å². The van der Waals surface area contributed by atoms with Crippen LogP contribution in [0.3, 0.4) is 0 Å². The number of hydrogen-bond donors (Lipinski definition) is 2. The van der Waals surface area contributed by atoms with E-state index in [4.69, 9.17) is 0 Å². The second-order valence-corrected chi connectivity index (χ2v) is 4.75. The molecule has 1 aromatic rings. The molecule has 0 bridgehead atoms. The number of pyridine rings is 1. The molecular formula is C15H23N3O2. The molecule has 0 radical (unpaired) electrons. The second kappa shape index (κ2) is 9.95. The molecule has 5 heteroatoms. The SMILES string of the molecule is CC(=O)NCCCCNC(=O)CCCc1cccnc1. The van der Waals surface area contributed by atoms with Crippen molar-refractivity contribution in [2.24, 2.45) is 0 Å². The van der Waals surface area contributed by atoms with E-state index < -0.39 is 0 Å². The van der Waals surface area contributed by atoms with E-state index in [-0.39, 0.29) is 11.8 Å². The number of aromatic nitrogens is 1. The molecule has 0 aliphatic rings. The predicted molar refractivity (Wildman–Crippen MR) is 78.1 cm³/mol. The fourth-order valence-corrected chi connectivity index (χ4v) is 1.83. The van der Waals surface area contributed by atoms with Crippen LogP contribution in [0.5, 0.6) is 0 Å². The molecular weight excluding hydrogens is 254 g/mol. The van der Waals surface area contributed by atoms with Crippen LogP contribution in [0.1, 0.15) is 38.2 Å². The number of nitrogens with one attached hydrogen (secondary N) is 2. The Morgan fingerprint density at radius 2 is 1.90 bits per heavy atom. The highest BCUT2D eigenvalue weighted by molar-refractivity contribution is 5.75. The molecule has 0 saturated heterocycles. The topological polar surface area (TPSA) is 71.1 Å². The lowest BCUT2D eigenvalue weighted by atomic mass is 10.1. The van der Waals surface area contributed by atoms with Crippen LogP contribution >= 0.6 is 0 Å². The molecule has 1 aromatic heterocycles. The summed E-state index contributed by atoms with van der Waals surface area (Å²) in [4.78, 5) is 26.3. The Morgan fingerprint density at radius 3 is 2.55 bits per heavy atom. The summed E-state index contributed by atoms with van der Waals surface area (Å²) >= 11 is 0. The van der Waals surface area contributed by atoms with Crippen molar-refractivity contribution in [2.75, 3.05) is 13.1 Å². The number of aryl methyl sites for hydroxylation is 1. The smallest absolute Gasteiger partial charge is 0.220 e. The maximum atomic E-state index is 11.6. The molecule has 0 atom stereocenters. The van der Waals surface area contributed by atoms with Crippen LogP contribution in [0.4, 0.5) is 0 Å². The molecule has 0 fully saturated rings. The number of unbranched alkanes of at least 4 members (excludes halogenated alkanes) is 1. The summed E-state index contributed by atoms with van der Waals surface area (Å²) in [5.41, 5.74) is 1.16. The molecule has 0 spiro atoms. The minimum atomic E-state index is -0.00978. The monoisotopic (exact) mass is 277 g/mol. The van der Waals surface area contributed by atoms with Crippen molar-refractivity contribution in [3.63, 3.8) is 0 Å². The van der Waals surface area contributed by atoms with Gasteiger partial charge in [0.15, 0.2) is 0 Å². The molecule has 2 N–H and O–H groups in total. The Balaban J connectivity index is 1.97. The highest BCUT2D eigenvalue weighted by atomic mass is 16.2. The summed E-state index contributed by atoms with van der Waals surface area (Å²) in [7, 11) is 0. The van der Waals surface area contributed by atoms with Crippen LogP contribution < -0.4 is 10.6 Å². The molecule has 0 unspecified atom stereocenters. The predicted octanol–water partition coefficient (Wildman–Crippen LogP) is 1.44. The van der Waals surface area contributed by atoms with Crippen molar-refractivity contribution in [3.05, 3.63) is 30.1 Å². The van der Waals surface area contributed by atoms with Gasteiger partial charge in [-0.1, -0.05) is 6.07 Å². The van der Waals surface area contributed by atoms with Gasteiger partial charge >= 0.3 is 0 Å². The van der Waals surface area contributed by atoms with E-state index in [9.17, 15) is 9.59 Å². The molecule has 110 valence electrons. The Hall–Kier alpha value is -1.91. The fourth-order valence-electron chi connectivity index (χ4n) is 1.83. The van der Waals surface area contributed by atoms with Crippen LogP contribution in [0.25, 0.3) is 0 Å². The van der Waals surface area contributed by atoms with Gasteiger partial charge in [-0.15, -0.1) is 0 Å². The lowest BCUT2D eigenvalue weighted by Crippen LogP contribution is -2.26. The van der Waals surface area contributed by atoms with Crippen LogP contribution in [-0.4, -0.2) is 29.9 Å². The van der Waals surface area contributed by atoms with E-state index in [2.05, 4.69) is 15.6 Å². The second-order valence-electron chi connectivity index (χ2n) is 4.75. The first-order valence-corrected chi connectivity index (χ1v) is 7.08. The molecule has 2 amide bonds. The zero-order valence-electron chi connectivity index (χ0n) is 12.0. The summed E-state index contributed by atoms with van der Waals surface area (Å²) < 4.78 is 0. The summed E-state index contributed by atoms with van der Waals surface area (Å²) in [6.07, 6.45) is 7.61. The van der Waals surface area contributed by atoms with Crippen LogP contribution in [0.15, 0.2) is 24.5 Å². The molecule has 5 nitrogen and oxygen atoms in total. The third-order valence-electron chi connectivity index (χ3n) is 2.89. The number of rotatable bonds is 9. The lowest BCUT2D eigenvalue weighted by molar-refractivity contribution is -0.121. The first-order valence-electron chi connectivity index (χ1n) is 7.08. The molecule has 0 saturated carbocycles. The zero-order chi connectivity index (χ0) is 14.6. The maximum Gasteiger partial charge on any atom is 0.220 e. The molecule has 1 heterocycles. The number of nitrogens with zero attached hydrogens (tertiary/aromatic N) is 1. The van der Waals surface area contributed by atoms with E-state index in [1.165, 1.54) is 6.92 Å². The number of carbonyl (C=O) groups excluding carboxylic acids is 2. The quantitative estimate of drug-likeness (QED) is 0.671. The van der Waals surface area contributed by atoms with Crippen LogP contribution in [-0.2, 0) is 16.0 Å². The van der Waals surface area contributed by atoms with Gasteiger partial charge in [0.1, 0.15) is 0 Å². The van der Waals surface area contributed by atoms with E-state index in [1.54, 1.807) is 6.20 Å². The fraction of sp³-hybridized carbons (Fsp3) is 0.533. The van der Waals surface area contributed by atoms with Gasteiger partial charge in [0.05, 0.1) is 0 Å². The molecule has 1 rings (SSSR count). The first-order chi connectivity index (χ1) is 9.68. The van der Waals surface area contributed by atoms with Gasteiger partial charge in [0.2, 0.25) is 11.8 Å². The summed E-state index contributed by atoms with van der Waals surface area (Å²) in [6.45, 7) is 2.85. The Morgan fingerprint density at radius 1 is 1.15 bits per heavy atom. The molecule has 20 heavy (non-hydrogen) atoms. The van der Waals surface area contributed by atoms with Gasteiger partial charge in [-0.25, -0.2) is 0 Å². The summed E-state index contributed by atoms with van der Waals surface area (Å²) in [5.74, 6) is 0.0813. The first kappa shape index (κ1) is 16.1. The Labute approximate surface area is 120 Å². The number of carbonyl (C=O) groups is 2. The average molecular weight is 277 g/mol. The molecule has 0 aliphatic carbocycles. The van der Waals surface area contributed by atoms with Crippen molar-refractivity contribution in [1.82, 2.24) is 15.6 Å². The lowest BCUT2D eigenvalue weighted by Gasteiger charge is -2.05. The third kappa shape index (κ3) is 8.24. The van der Waals surface area contributed by atoms with Crippen molar-refractivity contribution < 1.29 is 9.59 Å². The minimum absolute atomic E-state index is 0.00978. The van der Waals surface area contributed by atoms with Crippen molar-refractivity contribution in [3.8, 4) is 0 Å². The van der Waals surface area contributed by atoms with Crippen LogP contribution in [0, 0.1) is 0 Å². The number of hydrogen-bond acceptors (Lipinski definition) is 3. The van der Waals surface area contributed by atoms with Crippen molar-refractivity contribution in [2.45, 2.75) is 39.0 Å². The molecule has 0 aliphatic heterocycles. The standard InChI is InChI=1S/C15H23N3O2/c1-13(19)17-10-2-3-11-18-15(20)8-4-6-14-7-5-9-16-12-14/h5,7,9,12H,2-4,6,8,10-11H2,1H3,(H,17,19)(H,18,20). The zero-order valence-corrected chi connectivity index (χ0v) is 12.0. The Kier molecular flexibility index (Phi) is 8.03. The Bertz CT molecular complexity index is 407. The normalized spacial score (nSPS) is 10.1. The third-order valence-corrected chi connectivity index (χ3v) is 2.89. The number of amides is 2. The summed E-state index contributed by atoms with van der Waals surface area (Å²) in [6, 6.07) is 3.93. The van der Waals surface area contributed by atoms with Crippen LogP contribution in [0.2, 0.25) is 0 Å². The van der Waals surface area contributed by atoms with Gasteiger partial charge in [0, 0.05) is 38.8 Å². The highest BCUT2D eigenvalue weighted by Crippen LogP contribution is 2.02. The van der Waals surface area contributed by atoms with E-state index in [0.29, 0.717) is 19.5 Å². The van der Waals surface area contributed by atoms with Gasteiger partial charge in [-0.05, 0) is 37.3 Å². The van der Waals surface area contributed by atoms with Gasteiger partial charge < -0.3 is 10.6 Å². The van der Waals surface area contributed by atoms with Gasteiger partial charge in [0.25, 0.3) is 0 Å². The van der Waals surface area contributed by atoms with E-state index >= 15 is 0 Å². The van der Waals surface area contributed by atoms with E-state index in [1.807, 2.05) is 18.3 Å². The van der Waals surface area contributed by atoms with E-state index in [0.717, 1.165) is 31.2 Å². The minimum Gasteiger partial charge on any atom is -0.356 e. The van der Waals surface area contributed by atoms with Gasteiger partial charge in [-0.2, -0.15) is 0 Å². The largest absolute Gasteiger partial charge is 0.356 e. The maximum absolute atomic E-state index is 11.6. The summed E-state index contributed by atoms with van der Waals surface area (Å²) in [5, 5.41) is 5.62. The molecule has 0 aromatic carbocycles. The van der Waals surface area contributed by atoms with Gasteiger partial charge in [-0.3, -0.25) is 14.6 Å².